The molecule has 0 aromatic rings. The zero-order valence-corrected chi connectivity index (χ0v) is 11.6. The van der Waals surface area contributed by atoms with Gasteiger partial charge in [-0.2, -0.15) is 0 Å². The molecular formula is C5H11HgOS. The molecule has 1 atom stereocenters. The summed E-state index contributed by atoms with van der Waals surface area (Å²) < 4.78 is 0. The van der Waals surface area contributed by atoms with Crippen LogP contribution in [0.3, 0.4) is 0 Å². The topological polar surface area (TPSA) is 20.2 Å². The molecule has 1 radical (unpaired) electrons. The predicted molar refractivity (Wildman–Crippen MR) is 34.2 cm³/mol. The van der Waals surface area contributed by atoms with Crippen molar-refractivity contribution >= 4 is 12.6 Å². The van der Waals surface area contributed by atoms with Crippen LogP contribution in [0.4, 0.5) is 0 Å². The predicted octanol–water partition coefficient (Wildman–Crippen LogP) is 1.24. The number of rotatable bonds is 2. The van der Waals surface area contributed by atoms with Crippen molar-refractivity contribution < 1.29 is 32.8 Å². The maximum atomic E-state index is 8.77. The van der Waals surface area contributed by atoms with E-state index in [4.69, 9.17) is 5.11 Å². The van der Waals surface area contributed by atoms with Gasteiger partial charge in [0.1, 0.15) is 4.93 Å². The summed E-state index contributed by atoms with van der Waals surface area (Å²) in [6.45, 7) is 5.36. The molecule has 0 saturated carbocycles. The van der Waals surface area contributed by atoms with E-state index in [0.29, 0.717) is 6.42 Å². The molecule has 0 aliphatic heterocycles. The SMILES string of the molecule is [CH2]C(O)(S)CCC.[Hg]. The molecule has 1 nitrogen and oxygen atoms in total. The summed E-state index contributed by atoms with van der Waals surface area (Å²) in [6.07, 6.45) is 1.57. The van der Waals surface area contributed by atoms with Gasteiger partial charge in [0, 0.05) is 27.7 Å². The normalized spacial score (nSPS) is 16.5. The first kappa shape index (κ1) is 12.0. The molecule has 0 aromatic heterocycles. The first-order valence-electron chi connectivity index (χ1n) is 2.36. The second-order valence-corrected chi connectivity index (χ2v) is 2.56. The van der Waals surface area contributed by atoms with Crippen LogP contribution < -0.4 is 0 Å². The van der Waals surface area contributed by atoms with Crippen LogP contribution in [-0.4, -0.2) is 10.0 Å². The van der Waals surface area contributed by atoms with E-state index in [1.807, 2.05) is 6.92 Å². The molecule has 0 saturated heterocycles. The average Bonchev–Trinajstić information content (AvgIpc) is 1.30. The van der Waals surface area contributed by atoms with Crippen molar-refractivity contribution in [1.29, 1.82) is 0 Å². The van der Waals surface area contributed by atoms with Gasteiger partial charge in [-0.1, -0.05) is 13.3 Å². The van der Waals surface area contributed by atoms with Crippen LogP contribution in [0.5, 0.6) is 0 Å². The Bertz CT molecular complexity index is 50.9. The van der Waals surface area contributed by atoms with Gasteiger partial charge >= 0.3 is 0 Å². The largest absolute Gasteiger partial charge is 0.380 e. The van der Waals surface area contributed by atoms with Crippen molar-refractivity contribution in [1.82, 2.24) is 0 Å². The molecule has 0 aliphatic carbocycles. The fourth-order valence-electron chi connectivity index (χ4n) is 0.400. The Morgan fingerprint density at radius 2 is 2.12 bits per heavy atom. The average molecular weight is 320 g/mol. The van der Waals surface area contributed by atoms with Crippen LogP contribution in [0.25, 0.3) is 0 Å². The van der Waals surface area contributed by atoms with Crippen LogP contribution in [0.2, 0.25) is 0 Å². The fourth-order valence-corrected chi connectivity index (χ4v) is 0.624. The maximum Gasteiger partial charge on any atom is 0.107 e. The Morgan fingerprint density at radius 3 is 2.12 bits per heavy atom. The molecule has 0 heterocycles. The number of hydrogen-bond acceptors (Lipinski definition) is 2. The second kappa shape index (κ2) is 5.06. The van der Waals surface area contributed by atoms with Crippen molar-refractivity contribution in [2.45, 2.75) is 24.7 Å². The Balaban J connectivity index is 0. The minimum Gasteiger partial charge on any atom is -0.380 e. The molecule has 1 N–H and O–H groups in total. The van der Waals surface area contributed by atoms with E-state index < -0.39 is 4.93 Å². The zero-order chi connectivity index (χ0) is 5.91. The van der Waals surface area contributed by atoms with Crippen LogP contribution in [0.1, 0.15) is 19.8 Å². The summed E-state index contributed by atoms with van der Waals surface area (Å²) in [4.78, 5) is -1.01. The van der Waals surface area contributed by atoms with Crippen LogP contribution >= 0.6 is 12.6 Å². The molecule has 3 heteroatoms. The van der Waals surface area contributed by atoms with Crippen LogP contribution in [0, 0.1) is 6.92 Å². The minimum absolute atomic E-state index is 0. The first-order valence-corrected chi connectivity index (χ1v) is 2.81. The van der Waals surface area contributed by atoms with E-state index in [0.717, 1.165) is 6.42 Å². The number of thiol groups is 1. The van der Waals surface area contributed by atoms with Crippen molar-refractivity contribution in [2.24, 2.45) is 0 Å². The van der Waals surface area contributed by atoms with Crippen LogP contribution in [0.15, 0.2) is 0 Å². The van der Waals surface area contributed by atoms with Gasteiger partial charge in [-0.05, 0) is 13.3 Å². The van der Waals surface area contributed by atoms with E-state index in [2.05, 4.69) is 19.6 Å². The Labute approximate surface area is 76.8 Å². The van der Waals surface area contributed by atoms with E-state index in [9.17, 15) is 0 Å². The van der Waals surface area contributed by atoms with E-state index in [-0.39, 0.29) is 27.7 Å². The molecule has 0 spiro atoms. The van der Waals surface area contributed by atoms with Gasteiger partial charge in [0.25, 0.3) is 0 Å². The molecule has 45 valence electrons. The van der Waals surface area contributed by atoms with E-state index in [1.54, 1.807) is 0 Å². The van der Waals surface area contributed by atoms with Crippen molar-refractivity contribution in [2.75, 3.05) is 0 Å². The quantitative estimate of drug-likeness (QED) is 0.446. The summed E-state index contributed by atoms with van der Waals surface area (Å²) in [5, 5.41) is 8.77. The third-order valence-corrected chi connectivity index (χ3v) is 0.874. The summed E-state index contributed by atoms with van der Waals surface area (Å²) >= 11 is 3.78. The van der Waals surface area contributed by atoms with Gasteiger partial charge in [-0.25, -0.2) is 0 Å². The van der Waals surface area contributed by atoms with Gasteiger partial charge in [-0.15, -0.1) is 12.6 Å². The van der Waals surface area contributed by atoms with Crippen molar-refractivity contribution in [3.05, 3.63) is 6.92 Å². The molecule has 0 aliphatic rings. The Kier molecular flexibility index (Phi) is 7.58. The monoisotopic (exact) mass is 321 g/mol. The molecule has 0 amide bonds. The van der Waals surface area contributed by atoms with Gasteiger partial charge in [0.2, 0.25) is 0 Å². The third-order valence-electron chi connectivity index (χ3n) is 0.650. The van der Waals surface area contributed by atoms with E-state index in [1.165, 1.54) is 0 Å². The first-order chi connectivity index (χ1) is 3.06. The molecule has 1 unspecified atom stereocenters. The second-order valence-electron chi connectivity index (χ2n) is 1.73. The van der Waals surface area contributed by atoms with Crippen molar-refractivity contribution in [3.63, 3.8) is 0 Å². The Morgan fingerprint density at radius 1 is 1.75 bits per heavy atom. The fraction of sp³-hybridized carbons (Fsp3) is 0.800. The molecule has 0 bridgehead atoms. The van der Waals surface area contributed by atoms with Gasteiger partial charge in [0.15, 0.2) is 0 Å². The van der Waals surface area contributed by atoms with Crippen molar-refractivity contribution in [3.8, 4) is 0 Å². The molecule has 8 heavy (non-hydrogen) atoms. The van der Waals surface area contributed by atoms with Crippen LogP contribution in [-0.2, 0) is 27.7 Å². The summed E-state index contributed by atoms with van der Waals surface area (Å²) in [6, 6.07) is 0. The third kappa shape index (κ3) is 10.3. The van der Waals surface area contributed by atoms with Gasteiger partial charge in [0.05, 0.1) is 0 Å². The standard InChI is InChI=1S/C5H11OS.Hg/c1-3-4-5(2,6)7;/h6-7H,2-4H2,1H3;. The summed E-state index contributed by atoms with van der Waals surface area (Å²) in [5.41, 5.74) is 0. The number of aliphatic hydroxyl groups is 1. The molecule has 0 rings (SSSR count). The van der Waals surface area contributed by atoms with Gasteiger partial charge < -0.3 is 5.11 Å². The smallest absolute Gasteiger partial charge is 0.107 e. The maximum absolute atomic E-state index is 8.77. The zero-order valence-electron chi connectivity index (χ0n) is 5.22. The van der Waals surface area contributed by atoms with Gasteiger partial charge in [-0.3, -0.25) is 0 Å². The number of hydrogen-bond donors (Lipinski definition) is 2. The molecular weight excluding hydrogens is 309 g/mol. The molecule has 0 fully saturated rings. The minimum atomic E-state index is -1.01. The Hall–Kier alpha value is 1.25. The molecule has 0 aromatic carbocycles. The van der Waals surface area contributed by atoms with E-state index >= 15 is 0 Å². The summed E-state index contributed by atoms with van der Waals surface area (Å²) in [7, 11) is 0. The summed E-state index contributed by atoms with van der Waals surface area (Å²) in [5.74, 6) is 0.